The molecule has 0 aliphatic heterocycles. The molecule has 1 aromatic rings. The molecule has 0 aliphatic carbocycles. The Labute approximate surface area is 80.1 Å². The molecule has 0 bridgehead atoms. The molecular formula is C10H19N3. The first-order valence-electron chi connectivity index (χ1n) is 5.02. The van der Waals surface area contributed by atoms with Gasteiger partial charge in [0.15, 0.2) is 0 Å². The third-order valence-corrected chi connectivity index (χ3v) is 2.32. The zero-order chi connectivity index (χ0) is 9.68. The van der Waals surface area contributed by atoms with E-state index in [1.807, 2.05) is 6.20 Å². The van der Waals surface area contributed by atoms with E-state index in [1.54, 1.807) is 0 Å². The molecule has 0 saturated carbocycles. The van der Waals surface area contributed by atoms with Crippen LogP contribution in [0.15, 0.2) is 12.3 Å². The van der Waals surface area contributed by atoms with Crippen molar-refractivity contribution in [2.45, 2.75) is 39.8 Å². The molecule has 0 aromatic carbocycles. The van der Waals surface area contributed by atoms with Gasteiger partial charge in [0, 0.05) is 18.8 Å². The van der Waals surface area contributed by atoms with Crippen LogP contribution in [0.25, 0.3) is 0 Å². The molecule has 0 fully saturated rings. The second-order valence-electron chi connectivity index (χ2n) is 3.30. The summed E-state index contributed by atoms with van der Waals surface area (Å²) in [5.74, 6) is 0. The molecule has 1 rings (SSSR count). The van der Waals surface area contributed by atoms with Gasteiger partial charge in [0.2, 0.25) is 0 Å². The summed E-state index contributed by atoms with van der Waals surface area (Å²) >= 11 is 0. The second-order valence-corrected chi connectivity index (χ2v) is 3.30. The number of nitrogens with zero attached hydrogens (tertiary/aromatic N) is 2. The third-order valence-electron chi connectivity index (χ3n) is 2.32. The predicted molar refractivity (Wildman–Crippen MR) is 54.6 cm³/mol. The van der Waals surface area contributed by atoms with E-state index in [2.05, 4.69) is 41.9 Å². The summed E-state index contributed by atoms with van der Waals surface area (Å²) in [4.78, 5) is 0. The third kappa shape index (κ3) is 2.56. The van der Waals surface area contributed by atoms with E-state index in [0.29, 0.717) is 6.04 Å². The highest BCUT2D eigenvalue weighted by Gasteiger charge is 2.06. The Kier molecular flexibility index (Phi) is 3.96. The van der Waals surface area contributed by atoms with Crippen molar-refractivity contribution in [1.82, 2.24) is 15.1 Å². The number of aromatic nitrogens is 2. The summed E-state index contributed by atoms with van der Waals surface area (Å²) in [6, 6.07) is 2.58. The molecule has 3 heteroatoms. The Balaban J connectivity index is 2.65. The van der Waals surface area contributed by atoms with Crippen molar-refractivity contribution in [1.29, 1.82) is 0 Å². The van der Waals surface area contributed by atoms with Crippen molar-refractivity contribution in [3.8, 4) is 0 Å². The minimum atomic E-state index is 0.503. The first-order valence-corrected chi connectivity index (χ1v) is 5.02. The van der Waals surface area contributed by atoms with Crippen molar-refractivity contribution in [2.75, 3.05) is 6.54 Å². The lowest BCUT2D eigenvalue weighted by atomic mass is 10.2. The number of hydrogen-bond acceptors (Lipinski definition) is 2. The zero-order valence-corrected chi connectivity index (χ0v) is 8.75. The SMILES string of the molecule is CCNCc1ccnn1C(C)CC. The van der Waals surface area contributed by atoms with Crippen LogP contribution in [0.5, 0.6) is 0 Å². The lowest BCUT2D eigenvalue weighted by Gasteiger charge is -2.13. The van der Waals surface area contributed by atoms with Gasteiger partial charge in [-0.3, -0.25) is 4.68 Å². The summed E-state index contributed by atoms with van der Waals surface area (Å²) in [7, 11) is 0. The molecule has 0 aliphatic rings. The van der Waals surface area contributed by atoms with Crippen molar-refractivity contribution in [3.05, 3.63) is 18.0 Å². The fourth-order valence-corrected chi connectivity index (χ4v) is 1.30. The van der Waals surface area contributed by atoms with E-state index in [9.17, 15) is 0 Å². The Morgan fingerprint density at radius 1 is 1.54 bits per heavy atom. The zero-order valence-electron chi connectivity index (χ0n) is 8.75. The summed E-state index contributed by atoms with van der Waals surface area (Å²) in [6.07, 6.45) is 3.00. The van der Waals surface area contributed by atoms with E-state index in [4.69, 9.17) is 0 Å². The van der Waals surface area contributed by atoms with Crippen LogP contribution in [0.1, 0.15) is 38.9 Å². The van der Waals surface area contributed by atoms with Gasteiger partial charge in [0.05, 0.1) is 5.69 Å². The average molecular weight is 181 g/mol. The maximum absolute atomic E-state index is 4.32. The molecule has 3 nitrogen and oxygen atoms in total. The number of rotatable bonds is 5. The molecule has 1 unspecified atom stereocenters. The molecule has 1 atom stereocenters. The molecule has 0 saturated heterocycles. The van der Waals surface area contributed by atoms with Gasteiger partial charge in [-0.25, -0.2) is 0 Å². The summed E-state index contributed by atoms with van der Waals surface area (Å²) < 4.78 is 2.10. The van der Waals surface area contributed by atoms with Crippen LogP contribution < -0.4 is 5.32 Å². The van der Waals surface area contributed by atoms with Crippen molar-refractivity contribution in [2.24, 2.45) is 0 Å². The van der Waals surface area contributed by atoms with Gasteiger partial charge in [-0.1, -0.05) is 13.8 Å². The van der Waals surface area contributed by atoms with Crippen LogP contribution in [0.2, 0.25) is 0 Å². The summed E-state index contributed by atoms with van der Waals surface area (Å²) in [5.41, 5.74) is 1.27. The van der Waals surface area contributed by atoms with E-state index in [-0.39, 0.29) is 0 Å². The molecule has 74 valence electrons. The van der Waals surface area contributed by atoms with E-state index >= 15 is 0 Å². The summed E-state index contributed by atoms with van der Waals surface area (Å²) in [6.45, 7) is 8.42. The lowest BCUT2D eigenvalue weighted by Crippen LogP contribution is -2.17. The Hall–Kier alpha value is -0.830. The van der Waals surface area contributed by atoms with Gasteiger partial charge < -0.3 is 5.32 Å². The Morgan fingerprint density at radius 2 is 2.31 bits per heavy atom. The predicted octanol–water partition coefficient (Wildman–Crippen LogP) is 1.96. The van der Waals surface area contributed by atoms with Crippen LogP contribution in [-0.2, 0) is 6.54 Å². The molecule has 0 radical (unpaired) electrons. The highest BCUT2D eigenvalue weighted by atomic mass is 15.3. The smallest absolute Gasteiger partial charge is 0.0525 e. The standard InChI is InChI=1S/C10H19N3/c1-4-9(3)13-10(6-7-12-13)8-11-5-2/h6-7,9,11H,4-5,8H2,1-3H3. The van der Waals surface area contributed by atoms with E-state index in [0.717, 1.165) is 19.5 Å². The van der Waals surface area contributed by atoms with Crippen molar-refractivity contribution >= 4 is 0 Å². The van der Waals surface area contributed by atoms with Crippen LogP contribution in [0, 0.1) is 0 Å². The van der Waals surface area contributed by atoms with E-state index < -0.39 is 0 Å². The Bertz CT molecular complexity index is 242. The molecule has 13 heavy (non-hydrogen) atoms. The minimum absolute atomic E-state index is 0.503. The largest absolute Gasteiger partial charge is 0.311 e. The second kappa shape index (κ2) is 5.02. The molecule has 1 heterocycles. The van der Waals surface area contributed by atoms with Gasteiger partial charge in [0.1, 0.15) is 0 Å². The van der Waals surface area contributed by atoms with Gasteiger partial charge in [-0.15, -0.1) is 0 Å². The van der Waals surface area contributed by atoms with Gasteiger partial charge in [-0.05, 0) is 26.0 Å². The Morgan fingerprint density at radius 3 is 2.92 bits per heavy atom. The normalized spacial score (nSPS) is 13.2. The molecule has 1 N–H and O–H groups in total. The van der Waals surface area contributed by atoms with Gasteiger partial charge >= 0.3 is 0 Å². The summed E-state index contributed by atoms with van der Waals surface area (Å²) in [5, 5.41) is 7.63. The van der Waals surface area contributed by atoms with Crippen LogP contribution in [0.3, 0.4) is 0 Å². The fraction of sp³-hybridized carbons (Fsp3) is 0.700. The number of nitrogens with one attached hydrogen (secondary N) is 1. The highest BCUT2D eigenvalue weighted by molar-refractivity contribution is 5.01. The first-order chi connectivity index (χ1) is 6.29. The maximum atomic E-state index is 4.32. The number of hydrogen-bond donors (Lipinski definition) is 1. The first kappa shape index (κ1) is 10.3. The van der Waals surface area contributed by atoms with Crippen molar-refractivity contribution in [3.63, 3.8) is 0 Å². The van der Waals surface area contributed by atoms with E-state index in [1.165, 1.54) is 5.69 Å². The maximum Gasteiger partial charge on any atom is 0.0525 e. The topological polar surface area (TPSA) is 29.9 Å². The van der Waals surface area contributed by atoms with Gasteiger partial charge in [0.25, 0.3) is 0 Å². The highest BCUT2D eigenvalue weighted by Crippen LogP contribution is 2.11. The fourth-order valence-electron chi connectivity index (χ4n) is 1.30. The van der Waals surface area contributed by atoms with Crippen molar-refractivity contribution < 1.29 is 0 Å². The lowest BCUT2D eigenvalue weighted by molar-refractivity contribution is 0.453. The van der Waals surface area contributed by atoms with Gasteiger partial charge in [-0.2, -0.15) is 5.10 Å². The average Bonchev–Trinajstić information content (AvgIpc) is 2.61. The monoisotopic (exact) mass is 181 g/mol. The molecular weight excluding hydrogens is 162 g/mol. The van der Waals surface area contributed by atoms with Crippen LogP contribution in [-0.4, -0.2) is 16.3 Å². The van der Waals surface area contributed by atoms with Crippen LogP contribution >= 0.6 is 0 Å². The molecule has 0 amide bonds. The van der Waals surface area contributed by atoms with Crippen LogP contribution in [0.4, 0.5) is 0 Å². The molecule has 0 spiro atoms. The molecule has 1 aromatic heterocycles. The minimum Gasteiger partial charge on any atom is -0.311 e. The quantitative estimate of drug-likeness (QED) is 0.752.